The molecule has 0 aliphatic heterocycles. The molecule has 2 nitrogen and oxygen atoms in total. The van der Waals surface area contributed by atoms with Gasteiger partial charge in [0.15, 0.2) is 0 Å². The Labute approximate surface area is 72.8 Å². The standard InChI is InChI=1S/C6H4ClF2O2P/c7-5-1-3-6(4-2-5)11-12(8,9)10/h1-4H. The van der Waals surface area contributed by atoms with Gasteiger partial charge >= 0.3 is 7.99 Å². The molecule has 1 aromatic carbocycles. The zero-order valence-corrected chi connectivity index (χ0v) is 7.36. The predicted molar refractivity (Wildman–Crippen MR) is 41.9 cm³/mol. The molecule has 0 N–H and O–H groups in total. The van der Waals surface area contributed by atoms with Crippen LogP contribution in [0.3, 0.4) is 0 Å². The summed E-state index contributed by atoms with van der Waals surface area (Å²) >= 11 is 5.47. The zero-order valence-electron chi connectivity index (χ0n) is 5.71. The Morgan fingerprint density at radius 2 is 1.75 bits per heavy atom. The van der Waals surface area contributed by atoms with Crippen LogP contribution in [0.1, 0.15) is 0 Å². The lowest BCUT2D eigenvalue weighted by molar-refractivity contribution is 0.384. The first-order valence-electron chi connectivity index (χ1n) is 2.92. The van der Waals surface area contributed by atoms with Crippen LogP contribution in [0.5, 0.6) is 5.75 Å². The minimum Gasteiger partial charge on any atom is -0.398 e. The molecule has 0 unspecified atom stereocenters. The maximum Gasteiger partial charge on any atom is 0.610 e. The molecule has 0 radical (unpaired) electrons. The van der Waals surface area contributed by atoms with Gasteiger partial charge in [0.05, 0.1) is 0 Å². The van der Waals surface area contributed by atoms with Gasteiger partial charge in [0.25, 0.3) is 0 Å². The summed E-state index contributed by atoms with van der Waals surface area (Å²) in [5.41, 5.74) is 0. The summed E-state index contributed by atoms with van der Waals surface area (Å²) in [5, 5.41) is 0.398. The highest BCUT2D eigenvalue weighted by Crippen LogP contribution is 2.50. The minimum atomic E-state index is -5.45. The van der Waals surface area contributed by atoms with Crippen LogP contribution in [0.4, 0.5) is 8.39 Å². The average molecular weight is 213 g/mol. The van der Waals surface area contributed by atoms with Crippen molar-refractivity contribution < 1.29 is 17.5 Å². The van der Waals surface area contributed by atoms with E-state index in [9.17, 15) is 13.0 Å². The molecule has 0 saturated carbocycles. The molecule has 0 saturated heterocycles. The molecule has 0 spiro atoms. The molecule has 1 aromatic rings. The number of hydrogen-bond donors (Lipinski definition) is 0. The van der Waals surface area contributed by atoms with Gasteiger partial charge in [-0.15, -0.1) is 8.39 Å². The summed E-state index contributed by atoms with van der Waals surface area (Å²) in [6, 6.07) is 5.17. The van der Waals surface area contributed by atoms with E-state index in [2.05, 4.69) is 4.52 Å². The van der Waals surface area contributed by atoms with E-state index >= 15 is 0 Å². The molecule has 0 bridgehead atoms. The molecule has 6 heteroatoms. The Morgan fingerprint density at radius 1 is 1.25 bits per heavy atom. The SMILES string of the molecule is O=P(F)(F)Oc1ccc(Cl)cc1. The molecule has 0 fully saturated rings. The molecule has 12 heavy (non-hydrogen) atoms. The second kappa shape index (κ2) is 3.42. The fourth-order valence-corrected chi connectivity index (χ4v) is 1.11. The maximum absolute atomic E-state index is 11.8. The molecule has 0 aliphatic rings. The third-order valence-corrected chi connectivity index (χ3v) is 1.70. The first-order chi connectivity index (χ1) is 5.47. The molecule has 0 aromatic heterocycles. The number of benzene rings is 1. The summed E-state index contributed by atoms with van der Waals surface area (Å²) in [6.07, 6.45) is 0. The van der Waals surface area contributed by atoms with E-state index in [1.807, 2.05) is 0 Å². The van der Waals surface area contributed by atoms with Crippen LogP contribution in [0, 0.1) is 0 Å². The highest BCUT2D eigenvalue weighted by molar-refractivity contribution is 7.48. The molecule has 1 rings (SSSR count). The van der Waals surface area contributed by atoms with Crippen LogP contribution in [-0.2, 0) is 4.57 Å². The number of hydrogen-bond acceptors (Lipinski definition) is 2. The lowest BCUT2D eigenvalue weighted by atomic mass is 10.3. The van der Waals surface area contributed by atoms with Gasteiger partial charge in [0.1, 0.15) is 5.75 Å². The third kappa shape index (κ3) is 3.20. The lowest BCUT2D eigenvalue weighted by Crippen LogP contribution is -1.81. The van der Waals surface area contributed by atoms with E-state index in [0.29, 0.717) is 5.02 Å². The Bertz CT molecular complexity index is 308. The maximum atomic E-state index is 11.8. The molecule has 0 heterocycles. The van der Waals surface area contributed by atoms with Crippen LogP contribution in [0.15, 0.2) is 24.3 Å². The normalized spacial score (nSPS) is 11.2. The number of rotatable bonds is 2. The summed E-state index contributed by atoms with van der Waals surface area (Å²) in [4.78, 5) is 0. The molecule has 0 amide bonds. The van der Waals surface area contributed by atoms with Crippen LogP contribution in [0.2, 0.25) is 5.02 Å². The van der Waals surface area contributed by atoms with Crippen molar-refractivity contribution >= 4 is 19.6 Å². The van der Waals surface area contributed by atoms with Gasteiger partial charge in [0.2, 0.25) is 0 Å². The second-order valence-corrected chi connectivity index (χ2v) is 3.41. The molecular weight excluding hydrogens is 208 g/mol. The van der Waals surface area contributed by atoms with Crippen molar-refractivity contribution in [3.05, 3.63) is 29.3 Å². The smallest absolute Gasteiger partial charge is 0.398 e. The van der Waals surface area contributed by atoms with E-state index < -0.39 is 7.99 Å². The van der Waals surface area contributed by atoms with Crippen LogP contribution in [0.25, 0.3) is 0 Å². The summed E-state index contributed by atoms with van der Waals surface area (Å²) < 4.78 is 37.3. The Balaban J connectivity index is 2.78. The number of halogens is 3. The van der Waals surface area contributed by atoms with Gasteiger partial charge in [-0.3, -0.25) is 0 Å². The van der Waals surface area contributed by atoms with Crippen molar-refractivity contribution in [1.82, 2.24) is 0 Å². The summed E-state index contributed by atoms with van der Waals surface area (Å²) in [7, 11) is -5.45. The van der Waals surface area contributed by atoms with E-state index in [-0.39, 0.29) is 5.75 Å². The van der Waals surface area contributed by atoms with Gasteiger partial charge in [-0.05, 0) is 24.3 Å². The predicted octanol–water partition coefficient (Wildman–Crippen LogP) is 3.77. The topological polar surface area (TPSA) is 26.3 Å². The molecular formula is C6H4ClF2O2P. The van der Waals surface area contributed by atoms with Crippen molar-refractivity contribution in [2.24, 2.45) is 0 Å². The summed E-state index contributed by atoms with van der Waals surface area (Å²) in [6.45, 7) is 0. The van der Waals surface area contributed by atoms with Gasteiger partial charge in [-0.2, -0.15) is 0 Å². The second-order valence-electron chi connectivity index (χ2n) is 1.96. The van der Waals surface area contributed by atoms with Crippen LogP contribution >= 0.6 is 19.6 Å². The van der Waals surface area contributed by atoms with E-state index in [4.69, 9.17) is 11.6 Å². The van der Waals surface area contributed by atoms with Gasteiger partial charge in [-0.1, -0.05) is 11.6 Å². The minimum absolute atomic E-state index is 0.160. The van der Waals surface area contributed by atoms with Gasteiger partial charge < -0.3 is 4.52 Å². The Morgan fingerprint density at radius 3 is 2.17 bits per heavy atom. The average Bonchev–Trinajstić information content (AvgIpc) is 1.91. The monoisotopic (exact) mass is 212 g/mol. The van der Waals surface area contributed by atoms with Crippen molar-refractivity contribution in [3.63, 3.8) is 0 Å². The Hall–Kier alpha value is -0.600. The largest absolute Gasteiger partial charge is 0.610 e. The third-order valence-electron chi connectivity index (χ3n) is 1.03. The zero-order chi connectivity index (χ0) is 9.19. The Kier molecular flexibility index (Phi) is 2.70. The quantitative estimate of drug-likeness (QED) is 0.698. The van der Waals surface area contributed by atoms with Crippen LogP contribution < -0.4 is 4.52 Å². The molecule has 66 valence electrons. The first kappa shape index (κ1) is 9.49. The first-order valence-corrected chi connectivity index (χ1v) is 4.70. The van der Waals surface area contributed by atoms with Gasteiger partial charge in [-0.25, -0.2) is 4.57 Å². The van der Waals surface area contributed by atoms with Crippen molar-refractivity contribution in [3.8, 4) is 5.75 Å². The fraction of sp³-hybridized carbons (Fsp3) is 0. The lowest BCUT2D eigenvalue weighted by Gasteiger charge is -2.01. The van der Waals surface area contributed by atoms with Crippen molar-refractivity contribution in [2.45, 2.75) is 0 Å². The van der Waals surface area contributed by atoms with Crippen LogP contribution in [-0.4, -0.2) is 0 Å². The fourth-order valence-electron chi connectivity index (χ4n) is 0.618. The van der Waals surface area contributed by atoms with E-state index in [1.54, 1.807) is 0 Å². The highest BCUT2D eigenvalue weighted by Gasteiger charge is 2.22. The highest BCUT2D eigenvalue weighted by atomic mass is 35.5. The van der Waals surface area contributed by atoms with E-state index in [1.165, 1.54) is 24.3 Å². The van der Waals surface area contributed by atoms with Crippen molar-refractivity contribution in [2.75, 3.05) is 0 Å². The molecule has 0 aliphatic carbocycles. The molecule has 0 atom stereocenters. The summed E-state index contributed by atoms with van der Waals surface area (Å²) in [5.74, 6) is -0.160. The van der Waals surface area contributed by atoms with Crippen molar-refractivity contribution in [1.29, 1.82) is 0 Å². The van der Waals surface area contributed by atoms with E-state index in [0.717, 1.165) is 0 Å². The van der Waals surface area contributed by atoms with Gasteiger partial charge in [0, 0.05) is 5.02 Å².